The molecule has 0 radical (unpaired) electrons. The van der Waals surface area contributed by atoms with Gasteiger partial charge < -0.3 is 35.6 Å². The third-order valence-electron chi connectivity index (χ3n) is 9.84. The van der Waals surface area contributed by atoms with E-state index in [0.29, 0.717) is 25.5 Å². The predicted molar refractivity (Wildman–Crippen MR) is 179 cm³/mol. The summed E-state index contributed by atoms with van der Waals surface area (Å²) in [6.45, 7) is 21.3. The highest BCUT2D eigenvalue weighted by Crippen LogP contribution is 2.65. The molecule has 0 spiro atoms. The van der Waals surface area contributed by atoms with Crippen LogP contribution >= 0.6 is 0 Å². The van der Waals surface area contributed by atoms with Crippen LogP contribution in [0.1, 0.15) is 88.0 Å². The number of fused-ring (bicyclic) bond motifs is 1. The van der Waals surface area contributed by atoms with Gasteiger partial charge in [-0.25, -0.2) is 9.59 Å². The SMILES string of the molecule is C=CCNC(=O)C(=O)C(CCC)NC(=O)[C@@H]1C2C(CN1C(=O)[C@@H](NC(=O)N[C@H](COC(=O)OCC1CC1)C(C)(C)C)C(C)(C)C)C2(C)C. The molecule has 1 heterocycles. The minimum absolute atomic E-state index is 0.0601. The Morgan fingerprint density at radius 3 is 2.15 bits per heavy atom. The second-order valence-electron chi connectivity index (χ2n) is 16.3. The van der Waals surface area contributed by atoms with E-state index in [9.17, 15) is 28.8 Å². The van der Waals surface area contributed by atoms with Crippen molar-refractivity contribution in [1.82, 2.24) is 26.2 Å². The van der Waals surface area contributed by atoms with Crippen molar-refractivity contribution in [3.05, 3.63) is 12.7 Å². The summed E-state index contributed by atoms with van der Waals surface area (Å²) in [4.78, 5) is 80.7. The van der Waals surface area contributed by atoms with Crippen LogP contribution in [0.15, 0.2) is 12.7 Å². The summed E-state index contributed by atoms with van der Waals surface area (Å²) in [5, 5.41) is 10.9. The van der Waals surface area contributed by atoms with Gasteiger partial charge in [-0.15, -0.1) is 6.58 Å². The number of piperidine rings is 1. The molecule has 3 rings (SSSR count). The van der Waals surface area contributed by atoms with E-state index in [0.717, 1.165) is 12.8 Å². The maximum absolute atomic E-state index is 14.3. The third-order valence-corrected chi connectivity index (χ3v) is 9.84. The monoisotopic (exact) mass is 675 g/mol. The van der Waals surface area contributed by atoms with Crippen LogP contribution in [0, 0.1) is 34.0 Å². The van der Waals surface area contributed by atoms with E-state index in [4.69, 9.17) is 9.47 Å². The second kappa shape index (κ2) is 15.3. The molecule has 0 bridgehead atoms. The molecule has 0 aromatic carbocycles. The summed E-state index contributed by atoms with van der Waals surface area (Å²) in [5.41, 5.74) is -1.45. The largest absolute Gasteiger partial charge is 0.508 e. The number of ether oxygens (including phenoxy) is 2. The highest BCUT2D eigenvalue weighted by molar-refractivity contribution is 6.38. The number of Topliss-reactive ketones (excluding diaryl/α,β-unsaturated/α-hetero) is 1. The highest BCUT2D eigenvalue weighted by Gasteiger charge is 2.70. The molecule has 13 heteroatoms. The van der Waals surface area contributed by atoms with Crippen molar-refractivity contribution < 1.29 is 38.2 Å². The van der Waals surface area contributed by atoms with Gasteiger partial charge in [-0.2, -0.15) is 0 Å². The summed E-state index contributed by atoms with van der Waals surface area (Å²) in [5.74, 6) is -2.19. The van der Waals surface area contributed by atoms with E-state index in [2.05, 4.69) is 27.8 Å². The molecular formula is C35H57N5O8. The number of ketones is 1. The summed E-state index contributed by atoms with van der Waals surface area (Å²) in [7, 11) is 0. The van der Waals surface area contributed by atoms with Gasteiger partial charge in [-0.3, -0.25) is 19.2 Å². The predicted octanol–water partition coefficient (Wildman–Crippen LogP) is 3.32. The number of amides is 5. The molecule has 3 unspecified atom stereocenters. The number of nitrogens with one attached hydrogen (secondary N) is 4. The van der Waals surface area contributed by atoms with Crippen molar-refractivity contribution in [2.45, 2.75) is 112 Å². The fourth-order valence-electron chi connectivity index (χ4n) is 6.36. The fourth-order valence-corrected chi connectivity index (χ4v) is 6.36. The Bertz CT molecular complexity index is 1250. The number of urea groups is 1. The first kappa shape index (κ1) is 38.8. The second-order valence-corrected chi connectivity index (χ2v) is 16.3. The van der Waals surface area contributed by atoms with Crippen molar-refractivity contribution in [1.29, 1.82) is 0 Å². The molecule has 6 atom stereocenters. The Labute approximate surface area is 285 Å². The first-order chi connectivity index (χ1) is 22.2. The lowest BCUT2D eigenvalue weighted by atomic mass is 9.85. The topological polar surface area (TPSA) is 172 Å². The summed E-state index contributed by atoms with van der Waals surface area (Å²) in [6, 6.07) is -4.17. The van der Waals surface area contributed by atoms with Gasteiger partial charge in [0.05, 0.1) is 18.7 Å². The van der Waals surface area contributed by atoms with Crippen molar-refractivity contribution in [3.8, 4) is 0 Å². The molecule has 1 aliphatic heterocycles. The van der Waals surface area contributed by atoms with E-state index in [1.165, 1.54) is 11.0 Å². The minimum Gasteiger partial charge on any atom is -0.434 e. The molecule has 3 fully saturated rings. The number of nitrogens with zero attached hydrogens (tertiary/aromatic N) is 1. The lowest BCUT2D eigenvalue weighted by Crippen LogP contribution is -2.62. The average molecular weight is 676 g/mol. The average Bonchev–Trinajstić information content (AvgIpc) is 3.85. The number of hydrogen-bond donors (Lipinski definition) is 4. The Hall–Kier alpha value is -3.64. The van der Waals surface area contributed by atoms with Crippen LogP contribution in [-0.2, 0) is 28.7 Å². The van der Waals surface area contributed by atoms with Crippen LogP contribution in [0.3, 0.4) is 0 Å². The number of rotatable bonds is 15. The molecule has 3 aliphatic rings. The van der Waals surface area contributed by atoms with Gasteiger partial charge in [0.2, 0.25) is 17.6 Å². The van der Waals surface area contributed by atoms with Crippen LogP contribution in [0.2, 0.25) is 0 Å². The fraction of sp³-hybridized carbons (Fsp3) is 0.771. The van der Waals surface area contributed by atoms with Gasteiger partial charge in [0.15, 0.2) is 0 Å². The van der Waals surface area contributed by atoms with Crippen LogP contribution in [0.25, 0.3) is 0 Å². The number of hydrogen-bond acceptors (Lipinski definition) is 8. The van der Waals surface area contributed by atoms with E-state index < -0.39 is 70.7 Å². The number of carbonyl (C=O) groups is 6. The van der Waals surface area contributed by atoms with Gasteiger partial charge in [-0.05, 0) is 53.3 Å². The minimum atomic E-state index is -1.05. The lowest BCUT2D eigenvalue weighted by Gasteiger charge is -2.38. The molecule has 0 aromatic heterocycles. The Morgan fingerprint density at radius 2 is 1.60 bits per heavy atom. The summed E-state index contributed by atoms with van der Waals surface area (Å²) in [6.07, 6.45) is 3.53. The van der Waals surface area contributed by atoms with Crippen LogP contribution in [-0.4, -0.2) is 91.1 Å². The zero-order chi connectivity index (χ0) is 36.2. The van der Waals surface area contributed by atoms with Gasteiger partial charge in [0.1, 0.15) is 18.7 Å². The zero-order valence-electron chi connectivity index (χ0n) is 30.2. The highest BCUT2D eigenvalue weighted by atomic mass is 16.7. The van der Waals surface area contributed by atoms with Crippen molar-refractivity contribution in [3.63, 3.8) is 0 Å². The molecular weight excluding hydrogens is 618 g/mol. The van der Waals surface area contributed by atoms with E-state index in [-0.39, 0.29) is 36.8 Å². The molecule has 270 valence electrons. The van der Waals surface area contributed by atoms with Crippen LogP contribution in [0.5, 0.6) is 0 Å². The maximum atomic E-state index is 14.3. The van der Waals surface area contributed by atoms with E-state index in [1.54, 1.807) is 0 Å². The molecule has 4 N–H and O–H groups in total. The summed E-state index contributed by atoms with van der Waals surface area (Å²) >= 11 is 0. The molecule has 13 nitrogen and oxygen atoms in total. The molecule has 2 aliphatic carbocycles. The van der Waals surface area contributed by atoms with E-state index in [1.807, 2.05) is 62.3 Å². The number of likely N-dealkylation sites (tertiary alicyclic amines) is 1. The van der Waals surface area contributed by atoms with Gasteiger partial charge in [-0.1, -0.05) is 74.8 Å². The molecule has 2 saturated carbocycles. The first-order valence-electron chi connectivity index (χ1n) is 17.1. The molecule has 5 amide bonds. The zero-order valence-corrected chi connectivity index (χ0v) is 30.2. The van der Waals surface area contributed by atoms with Crippen molar-refractivity contribution in [2.24, 2.45) is 34.0 Å². The number of carbonyl (C=O) groups excluding carboxylic acids is 6. The Balaban J connectivity index is 1.75. The van der Waals surface area contributed by atoms with Crippen LogP contribution in [0.4, 0.5) is 9.59 Å². The molecule has 1 saturated heterocycles. The van der Waals surface area contributed by atoms with Crippen LogP contribution < -0.4 is 21.3 Å². The van der Waals surface area contributed by atoms with Gasteiger partial charge in [0.25, 0.3) is 5.91 Å². The van der Waals surface area contributed by atoms with Crippen molar-refractivity contribution in [2.75, 3.05) is 26.3 Å². The maximum Gasteiger partial charge on any atom is 0.508 e. The van der Waals surface area contributed by atoms with Gasteiger partial charge >= 0.3 is 12.2 Å². The first-order valence-corrected chi connectivity index (χ1v) is 17.1. The normalized spacial score (nSPS) is 23.0. The van der Waals surface area contributed by atoms with Gasteiger partial charge in [0, 0.05) is 13.1 Å². The molecule has 48 heavy (non-hydrogen) atoms. The summed E-state index contributed by atoms with van der Waals surface area (Å²) < 4.78 is 10.5. The smallest absolute Gasteiger partial charge is 0.434 e. The van der Waals surface area contributed by atoms with Crippen molar-refractivity contribution >= 4 is 35.7 Å². The molecule has 0 aromatic rings. The Kier molecular flexibility index (Phi) is 12.4. The quantitative estimate of drug-likeness (QED) is 0.116. The standard InChI is InChI=1S/C35H57N5O8/c1-11-13-22(26(41)29(43)36-16-12-2)37-28(42)25-24-21(35(24,9)10)17-40(25)30(44)27(34(6,7)8)39-31(45)38-23(33(3,4)5)19-48-32(46)47-18-20-14-15-20/h12,20-25,27H,2,11,13-19H2,1,3-10H3,(H,36,43)(H,37,42)(H2,38,39,45)/t21?,22?,23-,24?,25+,27-/m1/s1. The third kappa shape index (κ3) is 9.72. The lowest BCUT2D eigenvalue weighted by molar-refractivity contribution is -0.145. The Morgan fingerprint density at radius 1 is 0.958 bits per heavy atom. The van der Waals surface area contributed by atoms with E-state index >= 15 is 0 Å².